The van der Waals surface area contributed by atoms with Crippen LogP contribution in [0.2, 0.25) is 10.0 Å². The number of carbonyl (C=O) groups excluding carboxylic acids is 1. The maximum absolute atomic E-state index is 12.0. The van der Waals surface area contributed by atoms with Gasteiger partial charge in [-0.3, -0.25) is 5.32 Å². The molecule has 1 heterocycles. The van der Waals surface area contributed by atoms with E-state index in [4.69, 9.17) is 32.7 Å². The summed E-state index contributed by atoms with van der Waals surface area (Å²) in [4.78, 5) is 13.0. The average Bonchev–Trinajstić information content (AvgIpc) is 2.92. The van der Waals surface area contributed by atoms with Crippen LogP contribution in [0.15, 0.2) is 29.6 Å². The number of rotatable bonds is 6. The third-order valence-electron chi connectivity index (χ3n) is 3.10. The molecule has 0 saturated heterocycles. The zero-order valence-corrected chi connectivity index (χ0v) is 14.4. The summed E-state index contributed by atoms with van der Waals surface area (Å²) in [6.07, 6.45) is 0. The lowest BCUT2D eigenvalue weighted by Gasteiger charge is -2.17. The second-order valence-corrected chi connectivity index (χ2v) is 6.24. The molecule has 0 aliphatic heterocycles. The van der Waals surface area contributed by atoms with E-state index >= 15 is 0 Å². The van der Waals surface area contributed by atoms with Crippen LogP contribution in [0, 0.1) is 0 Å². The van der Waals surface area contributed by atoms with Crippen LogP contribution in [-0.4, -0.2) is 20.2 Å². The molecular weight excluding hydrogens is 345 g/mol. The Bertz CT molecular complexity index is 660. The molecule has 22 heavy (non-hydrogen) atoms. The van der Waals surface area contributed by atoms with E-state index in [0.717, 1.165) is 4.88 Å². The molecule has 0 aliphatic rings. The van der Waals surface area contributed by atoms with Crippen LogP contribution >= 0.6 is 34.5 Å². The summed E-state index contributed by atoms with van der Waals surface area (Å²) in [6.45, 7) is 0.458. The fourth-order valence-corrected chi connectivity index (χ4v) is 3.28. The number of esters is 1. The highest BCUT2D eigenvalue weighted by Crippen LogP contribution is 2.29. The minimum absolute atomic E-state index is 0.395. The standard InChI is InChI=1S/C15H15Cl2NO3S/c1-20-12-4-3-9(7-11(12)17)14(15(19)21-2)18-8-13-10(16)5-6-22-13/h3-7,14,18H,8H2,1-2H3/t14-/m1/s1. The van der Waals surface area contributed by atoms with Gasteiger partial charge in [-0.25, -0.2) is 4.79 Å². The second kappa shape index (κ2) is 7.83. The zero-order valence-electron chi connectivity index (χ0n) is 12.1. The minimum Gasteiger partial charge on any atom is -0.495 e. The topological polar surface area (TPSA) is 47.6 Å². The van der Waals surface area contributed by atoms with Gasteiger partial charge in [0.25, 0.3) is 0 Å². The van der Waals surface area contributed by atoms with Gasteiger partial charge in [-0.1, -0.05) is 29.3 Å². The van der Waals surface area contributed by atoms with Crippen LogP contribution in [0.5, 0.6) is 5.75 Å². The Morgan fingerprint density at radius 3 is 2.59 bits per heavy atom. The normalized spacial score (nSPS) is 12.0. The summed E-state index contributed by atoms with van der Waals surface area (Å²) in [6, 6.07) is 6.36. The zero-order chi connectivity index (χ0) is 16.1. The molecule has 4 nitrogen and oxygen atoms in total. The first kappa shape index (κ1) is 17.1. The molecule has 2 aromatic rings. The number of hydrogen-bond acceptors (Lipinski definition) is 5. The van der Waals surface area contributed by atoms with Crippen LogP contribution in [0.1, 0.15) is 16.5 Å². The van der Waals surface area contributed by atoms with Crippen molar-refractivity contribution in [2.75, 3.05) is 14.2 Å². The lowest BCUT2D eigenvalue weighted by Crippen LogP contribution is -2.29. The summed E-state index contributed by atoms with van der Waals surface area (Å²) >= 11 is 13.7. The predicted octanol–water partition coefficient (Wildman–Crippen LogP) is 4.07. The van der Waals surface area contributed by atoms with Gasteiger partial charge in [0.15, 0.2) is 0 Å². The Hall–Kier alpha value is -1.27. The highest BCUT2D eigenvalue weighted by molar-refractivity contribution is 7.10. The maximum Gasteiger partial charge on any atom is 0.327 e. The monoisotopic (exact) mass is 359 g/mol. The smallest absolute Gasteiger partial charge is 0.327 e. The van der Waals surface area contributed by atoms with Gasteiger partial charge in [0, 0.05) is 11.4 Å². The Morgan fingerprint density at radius 2 is 2.05 bits per heavy atom. The summed E-state index contributed by atoms with van der Waals surface area (Å²) in [7, 11) is 2.88. The lowest BCUT2D eigenvalue weighted by molar-refractivity contribution is -0.143. The SMILES string of the molecule is COC(=O)[C@H](NCc1sccc1Cl)c1ccc(OC)c(Cl)c1. The van der Waals surface area contributed by atoms with Gasteiger partial charge in [-0.2, -0.15) is 0 Å². The van der Waals surface area contributed by atoms with E-state index in [-0.39, 0.29) is 0 Å². The molecule has 1 aromatic heterocycles. The molecule has 1 aromatic carbocycles. The molecule has 118 valence electrons. The summed E-state index contributed by atoms with van der Waals surface area (Å²) in [5.41, 5.74) is 0.699. The molecule has 0 spiro atoms. The van der Waals surface area contributed by atoms with Gasteiger partial charge in [-0.15, -0.1) is 11.3 Å². The van der Waals surface area contributed by atoms with Gasteiger partial charge in [0.2, 0.25) is 0 Å². The van der Waals surface area contributed by atoms with Gasteiger partial charge in [-0.05, 0) is 29.1 Å². The third-order valence-corrected chi connectivity index (χ3v) is 4.79. The largest absolute Gasteiger partial charge is 0.495 e. The average molecular weight is 360 g/mol. The van der Waals surface area contributed by atoms with Crippen molar-refractivity contribution in [1.82, 2.24) is 5.32 Å². The van der Waals surface area contributed by atoms with Crippen LogP contribution in [-0.2, 0) is 16.1 Å². The summed E-state index contributed by atoms with van der Waals surface area (Å²) < 4.78 is 9.97. The molecule has 0 aliphatic carbocycles. The molecule has 0 amide bonds. The van der Waals surface area contributed by atoms with Crippen molar-refractivity contribution in [1.29, 1.82) is 0 Å². The minimum atomic E-state index is -0.633. The fourth-order valence-electron chi connectivity index (χ4n) is 1.96. The molecule has 1 N–H and O–H groups in total. The van der Waals surface area contributed by atoms with E-state index in [9.17, 15) is 4.79 Å². The van der Waals surface area contributed by atoms with E-state index < -0.39 is 12.0 Å². The number of methoxy groups -OCH3 is 2. The molecule has 1 atom stereocenters. The van der Waals surface area contributed by atoms with Gasteiger partial charge in [0.05, 0.1) is 24.3 Å². The molecule has 7 heteroatoms. The quantitative estimate of drug-likeness (QED) is 0.789. The van der Waals surface area contributed by atoms with Crippen molar-refractivity contribution in [2.24, 2.45) is 0 Å². The van der Waals surface area contributed by atoms with Crippen LogP contribution < -0.4 is 10.1 Å². The first-order valence-corrected chi connectivity index (χ1v) is 8.07. The van der Waals surface area contributed by atoms with E-state index in [1.807, 2.05) is 11.4 Å². The van der Waals surface area contributed by atoms with E-state index in [0.29, 0.717) is 27.9 Å². The number of nitrogens with one attached hydrogen (secondary N) is 1. The second-order valence-electron chi connectivity index (χ2n) is 4.42. The van der Waals surface area contributed by atoms with Gasteiger partial charge in [0.1, 0.15) is 11.8 Å². The number of hydrogen-bond donors (Lipinski definition) is 1. The Morgan fingerprint density at radius 1 is 1.27 bits per heavy atom. The maximum atomic E-state index is 12.0. The molecule has 0 unspecified atom stereocenters. The van der Waals surface area contributed by atoms with Crippen LogP contribution in [0.4, 0.5) is 0 Å². The molecule has 0 fully saturated rings. The highest BCUT2D eigenvalue weighted by atomic mass is 35.5. The number of ether oxygens (including phenoxy) is 2. The lowest BCUT2D eigenvalue weighted by atomic mass is 10.1. The van der Waals surface area contributed by atoms with Crippen molar-refractivity contribution >= 4 is 40.5 Å². The summed E-state index contributed by atoms with van der Waals surface area (Å²) in [5, 5.41) is 6.16. The van der Waals surface area contributed by atoms with Crippen LogP contribution in [0.3, 0.4) is 0 Å². The molecular formula is C15H15Cl2NO3S. The first-order chi connectivity index (χ1) is 10.6. The van der Waals surface area contributed by atoms with Gasteiger partial charge >= 0.3 is 5.97 Å². The molecule has 0 saturated carbocycles. The first-order valence-electron chi connectivity index (χ1n) is 6.43. The van der Waals surface area contributed by atoms with Crippen molar-refractivity contribution in [3.05, 3.63) is 50.1 Å². The van der Waals surface area contributed by atoms with Crippen molar-refractivity contribution in [2.45, 2.75) is 12.6 Å². The Labute approximate surface area is 142 Å². The molecule has 0 radical (unpaired) electrons. The molecule has 2 rings (SSSR count). The Kier molecular flexibility index (Phi) is 6.08. The van der Waals surface area contributed by atoms with Crippen molar-refractivity contribution in [3.8, 4) is 5.75 Å². The van der Waals surface area contributed by atoms with Crippen LogP contribution in [0.25, 0.3) is 0 Å². The number of benzene rings is 1. The predicted molar refractivity (Wildman–Crippen MR) is 88.9 cm³/mol. The summed E-state index contributed by atoms with van der Waals surface area (Å²) in [5.74, 6) is 0.157. The fraction of sp³-hybridized carbons (Fsp3) is 0.267. The van der Waals surface area contributed by atoms with E-state index in [2.05, 4.69) is 5.32 Å². The number of thiophene rings is 1. The highest BCUT2D eigenvalue weighted by Gasteiger charge is 2.22. The van der Waals surface area contributed by atoms with E-state index in [1.165, 1.54) is 25.6 Å². The van der Waals surface area contributed by atoms with Crippen molar-refractivity contribution in [3.63, 3.8) is 0 Å². The third kappa shape index (κ3) is 3.93. The number of carbonyl (C=O) groups is 1. The van der Waals surface area contributed by atoms with Gasteiger partial charge < -0.3 is 9.47 Å². The van der Waals surface area contributed by atoms with E-state index in [1.54, 1.807) is 18.2 Å². The Balaban J connectivity index is 2.21. The van der Waals surface area contributed by atoms with Crippen molar-refractivity contribution < 1.29 is 14.3 Å². The molecule has 0 bridgehead atoms. The number of halogens is 2.